The van der Waals surface area contributed by atoms with Crippen LogP contribution in [0, 0.1) is 17.0 Å². The smallest absolute Gasteiger partial charge is 0.270 e. The van der Waals surface area contributed by atoms with Crippen LogP contribution in [0.25, 0.3) is 0 Å². The minimum atomic E-state index is -0.539. The number of aryl methyl sites for hydroxylation is 1. The molecule has 1 N–H and O–H groups in total. The Hall–Kier alpha value is -1.92. The fourth-order valence-corrected chi connectivity index (χ4v) is 2.47. The van der Waals surface area contributed by atoms with E-state index in [1.54, 1.807) is 25.1 Å². The zero-order valence-electron chi connectivity index (χ0n) is 10.9. The maximum absolute atomic E-state index is 12.2. The number of amides is 1. The molecule has 0 unspecified atom stereocenters. The van der Waals surface area contributed by atoms with E-state index in [9.17, 15) is 14.9 Å². The molecule has 0 saturated carbocycles. The number of nitrogens with one attached hydrogen (secondary N) is 1. The van der Waals surface area contributed by atoms with Gasteiger partial charge in [-0.05, 0) is 30.7 Å². The second-order valence-electron chi connectivity index (χ2n) is 4.33. The molecule has 2 aromatic carbocycles. The number of carbonyl (C=O) groups is 1. The number of hydrogen-bond acceptors (Lipinski definition) is 3. The molecule has 0 aliphatic carbocycles. The van der Waals surface area contributed by atoms with E-state index in [0.29, 0.717) is 16.3 Å². The molecule has 2 aromatic rings. The summed E-state index contributed by atoms with van der Waals surface area (Å²) < 4.78 is 0.789. The highest BCUT2D eigenvalue weighted by Gasteiger charge is 2.15. The summed E-state index contributed by atoms with van der Waals surface area (Å²) in [6.07, 6.45) is 0. The van der Waals surface area contributed by atoms with E-state index in [-0.39, 0.29) is 11.3 Å². The number of rotatable bonds is 3. The molecule has 0 aliphatic rings. The monoisotopic (exact) mass is 368 g/mol. The van der Waals surface area contributed by atoms with E-state index in [2.05, 4.69) is 21.2 Å². The first-order valence-corrected chi connectivity index (χ1v) is 7.07. The zero-order chi connectivity index (χ0) is 15.6. The van der Waals surface area contributed by atoms with Crippen molar-refractivity contribution in [1.29, 1.82) is 0 Å². The Morgan fingerprint density at radius 2 is 2.00 bits per heavy atom. The number of anilines is 1. The van der Waals surface area contributed by atoms with Gasteiger partial charge >= 0.3 is 0 Å². The SMILES string of the molecule is Cc1ccc([N+](=O)[O-])cc1C(=O)Nc1ccc(Br)cc1Cl. The van der Waals surface area contributed by atoms with Crippen LogP contribution in [-0.2, 0) is 0 Å². The van der Waals surface area contributed by atoms with E-state index < -0.39 is 10.8 Å². The Morgan fingerprint density at radius 3 is 2.62 bits per heavy atom. The zero-order valence-corrected chi connectivity index (χ0v) is 13.2. The van der Waals surface area contributed by atoms with E-state index in [1.807, 2.05) is 0 Å². The third kappa shape index (κ3) is 3.59. The molecule has 7 heteroatoms. The summed E-state index contributed by atoms with van der Waals surface area (Å²) in [5.41, 5.74) is 1.19. The third-order valence-electron chi connectivity index (χ3n) is 2.86. The normalized spacial score (nSPS) is 10.2. The van der Waals surface area contributed by atoms with Crippen molar-refractivity contribution in [3.05, 3.63) is 67.1 Å². The van der Waals surface area contributed by atoms with Crippen LogP contribution in [0.2, 0.25) is 5.02 Å². The van der Waals surface area contributed by atoms with Crippen molar-refractivity contribution >= 4 is 44.8 Å². The maximum atomic E-state index is 12.2. The molecule has 0 aliphatic heterocycles. The number of nitrogens with zero attached hydrogens (tertiary/aromatic N) is 1. The second-order valence-corrected chi connectivity index (χ2v) is 5.66. The lowest BCUT2D eigenvalue weighted by molar-refractivity contribution is -0.384. The van der Waals surface area contributed by atoms with E-state index >= 15 is 0 Å². The van der Waals surface area contributed by atoms with Crippen molar-refractivity contribution in [3.63, 3.8) is 0 Å². The first kappa shape index (κ1) is 15.5. The summed E-state index contributed by atoms with van der Waals surface area (Å²) in [4.78, 5) is 22.5. The van der Waals surface area contributed by atoms with E-state index in [1.165, 1.54) is 18.2 Å². The number of nitro benzene ring substituents is 1. The lowest BCUT2D eigenvalue weighted by atomic mass is 10.1. The molecule has 0 aromatic heterocycles. The van der Waals surface area contributed by atoms with Crippen LogP contribution in [0.3, 0.4) is 0 Å². The van der Waals surface area contributed by atoms with Crippen LogP contribution in [-0.4, -0.2) is 10.8 Å². The number of non-ortho nitro benzene ring substituents is 1. The van der Waals surface area contributed by atoms with Crippen LogP contribution in [0.15, 0.2) is 40.9 Å². The highest BCUT2D eigenvalue weighted by Crippen LogP contribution is 2.27. The number of carbonyl (C=O) groups excluding carboxylic acids is 1. The first-order valence-electron chi connectivity index (χ1n) is 5.90. The fraction of sp³-hybridized carbons (Fsp3) is 0.0714. The standard InChI is InChI=1S/C14H10BrClN2O3/c1-8-2-4-10(18(20)21)7-11(8)14(19)17-13-5-3-9(15)6-12(13)16/h2-7H,1H3,(H,17,19). The molecule has 108 valence electrons. The van der Waals surface area contributed by atoms with Gasteiger partial charge in [0.15, 0.2) is 0 Å². The Morgan fingerprint density at radius 1 is 1.29 bits per heavy atom. The lowest BCUT2D eigenvalue weighted by Crippen LogP contribution is -2.14. The van der Waals surface area contributed by atoms with Gasteiger partial charge in [-0.2, -0.15) is 0 Å². The molecule has 0 radical (unpaired) electrons. The summed E-state index contributed by atoms with van der Waals surface area (Å²) in [6, 6.07) is 9.18. The predicted octanol–water partition coefficient (Wildman–Crippen LogP) is 4.57. The molecule has 0 atom stereocenters. The van der Waals surface area contributed by atoms with Gasteiger partial charge < -0.3 is 5.32 Å². The summed E-state index contributed by atoms with van der Waals surface area (Å²) in [5, 5.41) is 13.8. The van der Waals surface area contributed by atoms with Gasteiger partial charge in [0, 0.05) is 22.2 Å². The Bertz CT molecular complexity index is 734. The van der Waals surface area contributed by atoms with Crippen molar-refractivity contribution in [2.45, 2.75) is 6.92 Å². The summed E-state index contributed by atoms with van der Waals surface area (Å²) in [5.74, 6) is -0.444. The average molecular weight is 370 g/mol. The van der Waals surface area contributed by atoms with E-state index in [4.69, 9.17) is 11.6 Å². The maximum Gasteiger partial charge on any atom is 0.270 e. The van der Waals surface area contributed by atoms with Crippen molar-refractivity contribution < 1.29 is 9.72 Å². The summed E-state index contributed by atoms with van der Waals surface area (Å²) in [6.45, 7) is 1.71. The van der Waals surface area contributed by atoms with Crippen molar-refractivity contribution in [2.75, 3.05) is 5.32 Å². The molecule has 0 bridgehead atoms. The minimum Gasteiger partial charge on any atom is -0.321 e. The second kappa shape index (κ2) is 6.24. The molecule has 2 rings (SSSR count). The van der Waals surface area contributed by atoms with Crippen LogP contribution in [0.5, 0.6) is 0 Å². The van der Waals surface area contributed by atoms with Crippen molar-refractivity contribution in [3.8, 4) is 0 Å². The van der Waals surface area contributed by atoms with Crippen molar-refractivity contribution in [1.82, 2.24) is 0 Å². The molecule has 1 amide bonds. The first-order chi connectivity index (χ1) is 9.88. The van der Waals surface area contributed by atoms with Crippen molar-refractivity contribution in [2.24, 2.45) is 0 Å². The van der Waals surface area contributed by atoms with Crippen LogP contribution >= 0.6 is 27.5 Å². The van der Waals surface area contributed by atoms with Crippen LogP contribution < -0.4 is 5.32 Å². The fourth-order valence-electron chi connectivity index (χ4n) is 1.75. The van der Waals surface area contributed by atoms with Gasteiger partial charge in [0.05, 0.1) is 15.6 Å². The largest absolute Gasteiger partial charge is 0.321 e. The molecule has 0 saturated heterocycles. The number of halogens is 2. The Labute approximate surface area is 134 Å². The Balaban J connectivity index is 2.32. The molecule has 21 heavy (non-hydrogen) atoms. The molecule has 0 fully saturated rings. The lowest BCUT2D eigenvalue weighted by Gasteiger charge is -2.09. The quantitative estimate of drug-likeness (QED) is 0.636. The topological polar surface area (TPSA) is 72.2 Å². The molecule has 5 nitrogen and oxygen atoms in total. The molecule has 0 heterocycles. The average Bonchev–Trinajstić information content (AvgIpc) is 2.42. The van der Waals surface area contributed by atoms with Gasteiger partial charge in [-0.15, -0.1) is 0 Å². The van der Waals surface area contributed by atoms with Gasteiger partial charge in [0.25, 0.3) is 11.6 Å². The van der Waals surface area contributed by atoms with E-state index in [0.717, 1.165) is 4.47 Å². The molecular weight excluding hydrogens is 360 g/mol. The van der Waals surface area contributed by atoms with Gasteiger partial charge in [0.1, 0.15) is 0 Å². The third-order valence-corrected chi connectivity index (χ3v) is 3.66. The predicted molar refractivity (Wildman–Crippen MR) is 84.9 cm³/mol. The Kier molecular flexibility index (Phi) is 4.59. The van der Waals surface area contributed by atoms with Gasteiger partial charge in [-0.25, -0.2) is 0 Å². The van der Waals surface area contributed by atoms with Crippen LogP contribution in [0.1, 0.15) is 15.9 Å². The van der Waals surface area contributed by atoms with Gasteiger partial charge in [-0.1, -0.05) is 33.6 Å². The minimum absolute atomic E-state index is 0.132. The number of nitro groups is 1. The number of benzene rings is 2. The summed E-state index contributed by atoms with van der Waals surface area (Å²) in [7, 11) is 0. The van der Waals surface area contributed by atoms with Crippen LogP contribution in [0.4, 0.5) is 11.4 Å². The molecule has 0 spiro atoms. The highest BCUT2D eigenvalue weighted by molar-refractivity contribution is 9.10. The number of hydrogen-bond donors (Lipinski definition) is 1. The highest BCUT2D eigenvalue weighted by atomic mass is 79.9. The van der Waals surface area contributed by atoms with Gasteiger partial charge in [-0.3, -0.25) is 14.9 Å². The van der Waals surface area contributed by atoms with Gasteiger partial charge in [0.2, 0.25) is 0 Å². The molecular formula is C14H10BrClN2O3. The summed E-state index contributed by atoms with van der Waals surface area (Å²) >= 11 is 9.30.